The number of hydrogen-bond donors (Lipinski definition) is 2. The molecule has 152 valence electrons. The van der Waals surface area contributed by atoms with Crippen molar-refractivity contribution in [2.24, 2.45) is 0 Å². The summed E-state index contributed by atoms with van der Waals surface area (Å²) >= 11 is 1.30. The highest BCUT2D eigenvalue weighted by Crippen LogP contribution is 2.32. The Labute approximate surface area is 172 Å². The smallest absolute Gasteiger partial charge is 0.342 e. The summed E-state index contributed by atoms with van der Waals surface area (Å²) in [5, 5.41) is 18.6. The molecule has 1 heterocycles. The fraction of sp³-hybridized carbons (Fsp3) is 0.150. The van der Waals surface area contributed by atoms with Crippen LogP contribution < -0.4 is 14.2 Å². The number of nitrogens with zero attached hydrogens (tertiary/aromatic N) is 2. The summed E-state index contributed by atoms with van der Waals surface area (Å²) in [6, 6.07) is 13.8. The van der Waals surface area contributed by atoms with Gasteiger partial charge in [-0.1, -0.05) is 36.0 Å². The molecule has 2 aromatic carbocycles. The summed E-state index contributed by atoms with van der Waals surface area (Å²) in [5.41, 5.74) is -0.103. The Kier molecular flexibility index (Phi) is 8.11. The third-order valence-electron chi connectivity index (χ3n) is 3.51. The zero-order valence-electron chi connectivity index (χ0n) is 16.0. The van der Waals surface area contributed by atoms with Crippen molar-refractivity contribution in [3.05, 3.63) is 60.3 Å². The van der Waals surface area contributed by atoms with Crippen molar-refractivity contribution in [3.8, 4) is 28.9 Å². The fourth-order valence-corrected chi connectivity index (χ4v) is 2.44. The molecule has 0 aliphatic carbocycles. The van der Waals surface area contributed by atoms with Gasteiger partial charge in [-0.05, 0) is 30.5 Å². The van der Waals surface area contributed by atoms with E-state index in [1.165, 1.54) is 32.2 Å². The van der Waals surface area contributed by atoms with Crippen molar-refractivity contribution < 1.29 is 29.2 Å². The summed E-state index contributed by atoms with van der Waals surface area (Å²) in [6.45, 7) is 0. The van der Waals surface area contributed by atoms with E-state index in [0.717, 1.165) is 0 Å². The molecule has 0 amide bonds. The molecule has 0 atom stereocenters. The minimum Gasteiger partial charge on any atom is -0.504 e. The lowest BCUT2D eigenvalue weighted by Gasteiger charge is -2.11. The lowest BCUT2D eigenvalue weighted by Crippen LogP contribution is -2.04. The maximum absolute atomic E-state index is 11.2. The van der Waals surface area contributed by atoms with Crippen LogP contribution in [-0.4, -0.2) is 46.6 Å². The second-order valence-corrected chi connectivity index (χ2v) is 6.08. The lowest BCUT2D eigenvalue weighted by molar-refractivity contribution is 0.0692. The molecule has 0 bridgehead atoms. The van der Waals surface area contributed by atoms with Gasteiger partial charge in [-0.15, -0.1) is 0 Å². The van der Waals surface area contributed by atoms with E-state index in [1.807, 2.05) is 0 Å². The molecule has 0 unspecified atom stereocenters. The van der Waals surface area contributed by atoms with Gasteiger partial charge in [0.15, 0.2) is 28.2 Å². The number of carbonyl (C=O) groups is 1. The minimum atomic E-state index is -1.15. The molecule has 0 spiro atoms. The third-order valence-corrected chi connectivity index (χ3v) is 4.07. The highest BCUT2D eigenvalue weighted by atomic mass is 32.2. The zero-order valence-corrected chi connectivity index (χ0v) is 16.8. The molecule has 0 aliphatic rings. The lowest BCUT2D eigenvalue weighted by atomic mass is 10.3. The van der Waals surface area contributed by atoms with Crippen LogP contribution in [0, 0.1) is 0 Å². The molecule has 2 N–H and O–H groups in total. The Morgan fingerprint density at radius 2 is 1.55 bits per heavy atom. The number of aromatic nitrogens is 2. The molecule has 0 saturated carbocycles. The second-order valence-electron chi connectivity index (χ2n) is 5.31. The molecule has 0 aliphatic heterocycles. The number of phenols is 1. The van der Waals surface area contributed by atoms with Crippen LogP contribution in [0.3, 0.4) is 0 Å². The van der Waals surface area contributed by atoms with Crippen molar-refractivity contribution in [1.82, 2.24) is 9.97 Å². The monoisotopic (exact) mass is 416 g/mol. The van der Waals surface area contributed by atoms with Crippen molar-refractivity contribution in [1.29, 1.82) is 0 Å². The number of hydrogen-bond acceptors (Lipinski definition) is 8. The van der Waals surface area contributed by atoms with Gasteiger partial charge >= 0.3 is 5.97 Å². The van der Waals surface area contributed by atoms with E-state index < -0.39 is 5.97 Å². The molecule has 29 heavy (non-hydrogen) atoms. The standard InChI is InChI=1S/C13H12N2O4S.C7H8O2/c1-18-9-5-3-4-6-10(9)19-11-8(12(16)17)7-14-13(15-11)20-2;1-9-7-5-3-2-4-6(7)8/h3-7H,1-2H3,(H,16,17);2-5,8H,1H3. The van der Waals surface area contributed by atoms with Crippen LogP contribution in [0.15, 0.2) is 59.9 Å². The van der Waals surface area contributed by atoms with Crippen LogP contribution in [0.4, 0.5) is 0 Å². The minimum absolute atomic E-state index is 0.0126. The molecule has 0 fully saturated rings. The van der Waals surface area contributed by atoms with Crippen LogP contribution in [0.2, 0.25) is 0 Å². The van der Waals surface area contributed by atoms with Gasteiger partial charge in [0.1, 0.15) is 5.56 Å². The SMILES string of the molecule is COc1ccccc1O.COc1ccccc1Oc1nc(SC)ncc1C(=O)O. The molecule has 9 heteroatoms. The Bertz CT molecular complexity index is 967. The molecule has 3 aromatic rings. The van der Waals surface area contributed by atoms with E-state index in [1.54, 1.807) is 54.8 Å². The number of aromatic hydroxyl groups is 1. The number of aromatic carboxylic acids is 1. The highest BCUT2D eigenvalue weighted by molar-refractivity contribution is 7.98. The number of carboxylic acids is 1. The van der Waals surface area contributed by atoms with E-state index >= 15 is 0 Å². The first-order valence-corrected chi connectivity index (χ1v) is 9.49. The van der Waals surface area contributed by atoms with E-state index in [9.17, 15) is 4.79 Å². The molecule has 0 radical (unpaired) electrons. The van der Waals surface area contributed by atoms with E-state index in [2.05, 4.69) is 9.97 Å². The fourth-order valence-electron chi connectivity index (χ4n) is 2.11. The van der Waals surface area contributed by atoms with Gasteiger partial charge in [-0.2, -0.15) is 4.98 Å². The van der Waals surface area contributed by atoms with Crippen LogP contribution in [0.5, 0.6) is 28.9 Å². The summed E-state index contributed by atoms with van der Waals surface area (Å²) in [6.07, 6.45) is 3.02. The molecule has 1 aromatic heterocycles. The number of carboxylic acid groups (broad SMARTS) is 1. The van der Waals surface area contributed by atoms with E-state index in [0.29, 0.717) is 22.4 Å². The van der Waals surface area contributed by atoms with Crippen molar-refractivity contribution in [3.63, 3.8) is 0 Å². The first-order chi connectivity index (χ1) is 14.0. The van der Waals surface area contributed by atoms with Crippen molar-refractivity contribution in [2.45, 2.75) is 5.16 Å². The van der Waals surface area contributed by atoms with Gasteiger partial charge in [0.2, 0.25) is 5.88 Å². The molecular weight excluding hydrogens is 396 g/mol. The van der Waals surface area contributed by atoms with Gasteiger partial charge in [-0.25, -0.2) is 9.78 Å². The van der Waals surface area contributed by atoms with Gasteiger partial charge in [0.25, 0.3) is 0 Å². The average molecular weight is 416 g/mol. The Hall–Kier alpha value is -3.46. The maximum Gasteiger partial charge on any atom is 0.342 e. The molecule has 0 saturated heterocycles. The van der Waals surface area contributed by atoms with Gasteiger partial charge in [0, 0.05) is 6.20 Å². The largest absolute Gasteiger partial charge is 0.504 e. The molecule has 3 rings (SSSR count). The highest BCUT2D eigenvalue weighted by Gasteiger charge is 2.17. The number of thioether (sulfide) groups is 1. The van der Waals surface area contributed by atoms with E-state index in [-0.39, 0.29) is 17.2 Å². The van der Waals surface area contributed by atoms with Crippen molar-refractivity contribution >= 4 is 17.7 Å². The Balaban J connectivity index is 0.000000278. The predicted molar refractivity (Wildman–Crippen MR) is 108 cm³/mol. The molecular formula is C20H20N2O6S. The number of para-hydroxylation sites is 4. The first kappa shape index (κ1) is 21.8. The van der Waals surface area contributed by atoms with Crippen LogP contribution in [0.25, 0.3) is 0 Å². The van der Waals surface area contributed by atoms with Crippen LogP contribution in [0.1, 0.15) is 10.4 Å². The number of ether oxygens (including phenoxy) is 3. The second kappa shape index (κ2) is 10.8. The summed E-state index contributed by atoms with van der Waals surface area (Å²) in [4.78, 5) is 19.2. The predicted octanol–water partition coefficient (Wildman–Crippen LogP) is 4.10. The number of phenolic OH excluding ortho intramolecular Hbond substituents is 1. The van der Waals surface area contributed by atoms with Gasteiger partial charge in [0.05, 0.1) is 14.2 Å². The topological polar surface area (TPSA) is 111 Å². The van der Waals surface area contributed by atoms with Crippen molar-refractivity contribution in [2.75, 3.05) is 20.5 Å². The average Bonchev–Trinajstić information content (AvgIpc) is 2.74. The van der Waals surface area contributed by atoms with Gasteiger partial charge in [-0.3, -0.25) is 0 Å². The number of methoxy groups -OCH3 is 2. The molecule has 8 nitrogen and oxygen atoms in total. The Morgan fingerprint density at radius 1 is 0.966 bits per heavy atom. The summed E-state index contributed by atoms with van der Waals surface area (Å²) in [5.74, 6) is 0.415. The first-order valence-electron chi connectivity index (χ1n) is 8.27. The van der Waals surface area contributed by atoms with Crippen LogP contribution >= 0.6 is 11.8 Å². The van der Waals surface area contributed by atoms with E-state index in [4.69, 9.17) is 24.4 Å². The Morgan fingerprint density at radius 3 is 2.07 bits per heavy atom. The number of benzene rings is 2. The quantitative estimate of drug-likeness (QED) is 0.453. The summed E-state index contributed by atoms with van der Waals surface area (Å²) in [7, 11) is 3.03. The zero-order chi connectivity index (χ0) is 21.2. The third kappa shape index (κ3) is 6.01. The van der Waals surface area contributed by atoms with Gasteiger partial charge < -0.3 is 24.4 Å². The number of rotatable bonds is 6. The normalized spacial score (nSPS) is 9.76. The maximum atomic E-state index is 11.2. The summed E-state index contributed by atoms with van der Waals surface area (Å²) < 4.78 is 15.5. The van der Waals surface area contributed by atoms with Crippen LogP contribution in [-0.2, 0) is 0 Å².